The second-order valence-corrected chi connectivity index (χ2v) is 5.61. The average molecular weight is 342 g/mol. The highest BCUT2D eigenvalue weighted by Gasteiger charge is 2.15. The molecule has 3 aromatic rings. The molecule has 24 heavy (non-hydrogen) atoms. The number of fused-ring (bicyclic) bond motifs is 1. The van der Waals surface area contributed by atoms with E-state index >= 15 is 0 Å². The molecule has 0 unspecified atom stereocenters. The SMILES string of the molecule is CCOC(=O)c1cc(-c2cccc(Cl)c2)c2cc(OC)ccc2n1. The first-order valence-corrected chi connectivity index (χ1v) is 7.92. The number of pyridine rings is 1. The molecular weight excluding hydrogens is 326 g/mol. The van der Waals surface area contributed by atoms with Crippen molar-refractivity contribution in [2.45, 2.75) is 6.92 Å². The summed E-state index contributed by atoms with van der Waals surface area (Å²) in [7, 11) is 1.61. The molecule has 2 aromatic carbocycles. The van der Waals surface area contributed by atoms with Crippen LogP contribution in [0.3, 0.4) is 0 Å². The number of nitrogens with zero attached hydrogens (tertiary/aromatic N) is 1. The molecule has 0 saturated heterocycles. The standard InChI is InChI=1S/C19H16ClNO3/c1-3-24-19(22)18-11-15(12-5-4-6-13(20)9-12)16-10-14(23-2)7-8-17(16)21-18/h4-11H,3H2,1-2H3. The van der Waals surface area contributed by atoms with Crippen molar-refractivity contribution >= 4 is 28.5 Å². The molecule has 0 radical (unpaired) electrons. The smallest absolute Gasteiger partial charge is 0.356 e. The Morgan fingerprint density at radius 3 is 2.71 bits per heavy atom. The largest absolute Gasteiger partial charge is 0.497 e. The third-order valence-electron chi connectivity index (χ3n) is 3.64. The second-order valence-electron chi connectivity index (χ2n) is 5.17. The Bertz CT molecular complexity index is 908. The molecule has 1 heterocycles. The van der Waals surface area contributed by atoms with Crippen LogP contribution in [0.4, 0.5) is 0 Å². The quantitative estimate of drug-likeness (QED) is 0.643. The molecular formula is C19H16ClNO3. The first-order chi connectivity index (χ1) is 11.6. The Balaban J connectivity index is 2.27. The van der Waals surface area contributed by atoms with Crippen molar-refractivity contribution in [1.82, 2.24) is 4.98 Å². The van der Waals surface area contributed by atoms with Crippen molar-refractivity contribution in [1.29, 1.82) is 0 Å². The minimum Gasteiger partial charge on any atom is -0.497 e. The normalized spacial score (nSPS) is 10.6. The first kappa shape index (κ1) is 16.3. The van der Waals surface area contributed by atoms with E-state index in [-0.39, 0.29) is 5.69 Å². The Morgan fingerprint density at radius 2 is 2.00 bits per heavy atom. The molecule has 4 nitrogen and oxygen atoms in total. The van der Waals surface area contributed by atoms with Crippen LogP contribution >= 0.6 is 11.6 Å². The van der Waals surface area contributed by atoms with Crippen LogP contribution in [-0.4, -0.2) is 24.7 Å². The summed E-state index contributed by atoms with van der Waals surface area (Å²) in [4.78, 5) is 16.5. The van der Waals surface area contributed by atoms with Gasteiger partial charge in [-0.05, 0) is 54.4 Å². The molecule has 3 rings (SSSR count). The number of benzene rings is 2. The highest BCUT2D eigenvalue weighted by atomic mass is 35.5. The zero-order valence-corrected chi connectivity index (χ0v) is 14.1. The van der Waals surface area contributed by atoms with E-state index in [4.69, 9.17) is 21.1 Å². The Kier molecular flexibility index (Phi) is 4.67. The second kappa shape index (κ2) is 6.89. The molecule has 0 N–H and O–H groups in total. The van der Waals surface area contributed by atoms with Crippen LogP contribution in [-0.2, 0) is 4.74 Å². The van der Waals surface area contributed by atoms with Crippen molar-refractivity contribution in [3.8, 4) is 16.9 Å². The number of esters is 1. The number of ether oxygens (including phenoxy) is 2. The fraction of sp³-hybridized carbons (Fsp3) is 0.158. The number of hydrogen-bond donors (Lipinski definition) is 0. The zero-order valence-electron chi connectivity index (χ0n) is 13.4. The van der Waals surface area contributed by atoms with Gasteiger partial charge in [0.15, 0.2) is 0 Å². The average Bonchev–Trinajstić information content (AvgIpc) is 2.60. The molecule has 0 spiro atoms. The van der Waals surface area contributed by atoms with Crippen LogP contribution in [0.2, 0.25) is 5.02 Å². The lowest BCUT2D eigenvalue weighted by molar-refractivity contribution is 0.0520. The molecule has 122 valence electrons. The lowest BCUT2D eigenvalue weighted by Gasteiger charge is -2.11. The van der Waals surface area contributed by atoms with E-state index < -0.39 is 5.97 Å². The van der Waals surface area contributed by atoms with Gasteiger partial charge in [0.25, 0.3) is 0 Å². The number of halogens is 1. The van der Waals surface area contributed by atoms with Crippen molar-refractivity contribution in [2.24, 2.45) is 0 Å². The van der Waals surface area contributed by atoms with Crippen LogP contribution in [0.5, 0.6) is 5.75 Å². The van der Waals surface area contributed by atoms with Crippen LogP contribution in [0, 0.1) is 0 Å². The zero-order chi connectivity index (χ0) is 17.1. The summed E-state index contributed by atoms with van der Waals surface area (Å²) in [5.74, 6) is 0.273. The molecule has 0 amide bonds. The van der Waals surface area contributed by atoms with E-state index in [0.29, 0.717) is 17.1 Å². The summed E-state index contributed by atoms with van der Waals surface area (Å²) >= 11 is 6.12. The van der Waals surface area contributed by atoms with Crippen molar-refractivity contribution in [2.75, 3.05) is 13.7 Å². The molecule has 0 aliphatic carbocycles. The van der Waals surface area contributed by atoms with Crippen LogP contribution in [0.25, 0.3) is 22.0 Å². The fourth-order valence-corrected chi connectivity index (χ4v) is 2.73. The summed E-state index contributed by atoms with van der Waals surface area (Å²) in [5, 5.41) is 1.50. The molecule has 0 atom stereocenters. The van der Waals surface area contributed by atoms with Gasteiger partial charge >= 0.3 is 5.97 Å². The molecule has 0 fully saturated rings. The van der Waals surface area contributed by atoms with E-state index in [1.165, 1.54) is 0 Å². The van der Waals surface area contributed by atoms with Gasteiger partial charge in [-0.2, -0.15) is 0 Å². The Hall–Kier alpha value is -2.59. The molecule has 1 aromatic heterocycles. The fourth-order valence-electron chi connectivity index (χ4n) is 2.54. The van der Waals surface area contributed by atoms with E-state index in [2.05, 4.69) is 4.98 Å². The summed E-state index contributed by atoms with van der Waals surface area (Å²) in [6.45, 7) is 2.06. The van der Waals surface area contributed by atoms with Gasteiger partial charge < -0.3 is 9.47 Å². The van der Waals surface area contributed by atoms with Crippen LogP contribution in [0.15, 0.2) is 48.5 Å². The highest BCUT2D eigenvalue weighted by molar-refractivity contribution is 6.30. The Labute approximate surface area is 145 Å². The summed E-state index contributed by atoms with van der Waals surface area (Å²) in [6.07, 6.45) is 0. The number of rotatable bonds is 4. The number of aromatic nitrogens is 1. The maximum Gasteiger partial charge on any atom is 0.356 e. The van der Waals surface area contributed by atoms with Crippen molar-refractivity contribution < 1.29 is 14.3 Å². The van der Waals surface area contributed by atoms with Gasteiger partial charge in [0.1, 0.15) is 11.4 Å². The first-order valence-electron chi connectivity index (χ1n) is 7.54. The third kappa shape index (κ3) is 3.19. The summed E-state index contributed by atoms with van der Waals surface area (Å²) in [6, 6.07) is 14.7. The predicted molar refractivity (Wildman–Crippen MR) is 94.7 cm³/mol. The van der Waals surface area contributed by atoms with E-state index in [1.807, 2.05) is 36.4 Å². The molecule has 5 heteroatoms. The Morgan fingerprint density at radius 1 is 1.17 bits per heavy atom. The molecule has 0 saturated carbocycles. The predicted octanol–water partition coefficient (Wildman–Crippen LogP) is 4.74. The highest BCUT2D eigenvalue weighted by Crippen LogP contribution is 2.32. The molecule has 0 bridgehead atoms. The number of carbonyl (C=O) groups is 1. The third-order valence-corrected chi connectivity index (χ3v) is 3.87. The molecule has 0 aliphatic rings. The van der Waals surface area contributed by atoms with Crippen molar-refractivity contribution in [3.63, 3.8) is 0 Å². The van der Waals surface area contributed by atoms with Crippen LogP contribution in [0.1, 0.15) is 17.4 Å². The lowest BCUT2D eigenvalue weighted by atomic mass is 10.00. The number of hydrogen-bond acceptors (Lipinski definition) is 4. The van der Waals surface area contributed by atoms with E-state index in [9.17, 15) is 4.79 Å². The van der Waals surface area contributed by atoms with Gasteiger partial charge in [-0.3, -0.25) is 0 Å². The minimum absolute atomic E-state index is 0.268. The topological polar surface area (TPSA) is 48.4 Å². The monoisotopic (exact) mass is 341 g/mol. The van der Waals surface area contributed by atoms with E-state index in [0.717, 1.165) is 22.3 Å². The van der Waals surface area contributed by atoms with Crippen LogP contribution < -0.4 is 4.74 Å². The van der Waals surface area contributed by atoms with Gasteiger partial charge in [0.05, 0.1) is 19.2 Å². The molecule has 0 aliphatic heterocycles. The van der Waals surface area contributed by atoms with Gasteiger partial charge in [-0.1, -0.05) is 23.7 Å². The maximum absolute atomic E-state index is 12.1. The van der Waals surface area contributed by atoms with Gasteiger partial charge in [-0.25, -0.2) is 9.78 Å². The lowest BCUT2D eigenvalue weighted by Crippen LogP contribution is -2.07. The van der Waals surface area contributed by atoms with Gasteiger partial charge in [-0.15, -0.1) is 0 Å². The van der Waals surface area contributed by atoms with Gasteiger partial charge in [0.2, 0.25) is 0 Å². The van der Waals surface area contributed by atoms with Crippen molar-refractivity contribution in [3.05, 3.63) is 59.2 Å². The summed E-state index contributed by atoms with van der Waals surface area (Å²) < 4.78 is 10.4. The maximum atomic E-state index is 12.1. The van der Waals surface area contributed by atoms with E-state index in [1.54, 1.807) is 26.2 Å². The number of methoxy groups -OCH3 is 1. The number of carbonyl (C=O) groups excluding carboxylic acids is 1. The summed E-state index contributed by atoms with van der Waals surface area (Å²) in [5.41, 5.74) is 2.71. The van der Waals surface area contributed by atoms with Gasteiger partial charge in [0, 0.05) is 10.4 Å². The minimum atomic E-state index is -0.446.